The molecule has 0 bridgehead atoms. The van der Waals surface area contributed by atoms with Crippen LogP contribution in [0.2, 0.25) is 0 Å². The van der Waals surface area contributed by atoms with Crippen LogP contribution in [0.4, 0.5) is 4.79 Å². The van der Waals surface area contributed by atoms with E-state index in [4.69, 9.17) is 5.11 Å². The number of nitrogens with zero attached hydrogens (tertiary/aromatic N) is 2. The second-order valence-electron chi connectivity index (χ2n) is 4.88. The van der Waals surface area contributed by atoms with E-state index in [1.165, 1.54) is 6.39 Å². The summed E-state index contributed by atoms with van der Waals surface area (Å²) in [6.07, 6.45) is 4.39. The first-order valence-electron chi connectivity index (χ1n) is 6.67. The summed E-state index contributed by atoms with van der Waals surface area (Å²) in [5.41, 5.74) is 0. The quantitative estimate of drug-likeness (QED) is 0.726. The molecule has 8 nitrogen and oxygen atoms in total. The predicted molar refractivity (Wildman–Crippen MR) is 67.9 cm³/mol. The lowest BCUT2D eigenvalue weighted by Crippen LogP contribution is -2.44. The summed E-state index contributed by atoms with van der Waals surface area (Å²) in [5.74, 6) is -0.463. The van der Waals surface area contributed by atoms with E-state index in [1.54, 1.807) is 0 Å². The second-order valence-corrected chi connectivity index (χ2v) is 4.88. The first-order valence-corrected chi connectivity index (χ1v) is 6.67. The van der Waals surface area contributed by atoms with Crippen molar-refractivity contribution in [3.8, 4) is 0 Å². The average Bonchev–Trinajstić information content (AvgIpc) is 2.92. The van der Waals surface area contributed by atoms with Crippen LogP contribution in [0.5, 0.6) is 0 Å². The fourth-order valence-electron chi connectivity index (χ4n) is 2.31. The number of amides is 2. The van der Waals surface area contributed by atoms with Gasteiger partial charge in [0.1, 0.15) is 0 Å². The SMILES string of the molecule is O=C(NCCc1ncon1)NC1CCC(C(=O)O)CC1. The molecule has 0 saturated heterocycles. The Kier molecular flexibility index (Phi) is 4.91. The maximum absolute atomic E-state index is 11.7. The zero-order valence-electron chi connectivity index (χ0n) is 11.0. The minimum Gasteiger partial charge on any atom is -0.481 e. The summed E-state index contributed by atoms with van der Waals surface area (Å²) in [6, 6.07) is -0.192. The Morgan fingerprint density at radius 2 is 2.10 bits per heavy atom. The minimum absolute atomic E-state index is 0.0516. The lowest BCUT2D eigenvalue weighted by molar-refractivity contribution is -0.142. The van der Waals surface area contributed by atoms with Crippen molar-refractivity contribution in [3.63, 3.8) is 0 Å². The van der Waals surface area contributed by atoms with Crippen molar-refractivity contribution in [2.75, 3.05) is 6.54 Å². The van der Waals surface area contributed by atoms with Crippen LogP contribution in [0.15, 0.2) is 10.9 Å². The van der Waals surface area contributed by atoms with Gasteiger partial charge in [0, 0.05) is 19.0 Å². The van der Waals surface area contributed by atoms with Gasteiger partial charge in [0.15, 0.2) is 5.82 Å². The summed E-state index contributed by atoms with van der Waals surface area (Å²) < 4.78 is 4.59. The molecule has 110 valence electrons. The number of hydrogen-bond donors (Lipinski definition) is 3. The molecule has 1 heterocycles. The highest BCUT2D eigenvalue weighted by atomic mass is 16.5. The Bertz CT molecular complexity index is 440. The Hall–Kier alpha value is -2.12. The van der Waals surface area contributed by atoms with Gasteiger partial charge < -0.3 is 20.3 Å². The smallest absolute Gasteiger partial charge is 0.315 e. The van der Waals surface area contributed by atoms with Gasteiger partial charge in [-0.05, 0) is 25.7 Å². The first-order chi connectivity index (χ1) is 9.65. The van der Waals surface area contributed by atoms with Gasteiger partial charge in [-0.25, -0.2) is 4.79 Å². The number of aromatic nitrogens is 2. The van der Waals surface area contributed by atoms with Crippen molar-refractivity contribution in [2.24, 2.45) is 5.92 Å². The monoisotopic (exact) mass is 282 g/mol. The number of urea groups is 1. The minimum atomic E-state index is -0.743. The highest BCUT2D eigenvalue weighted by molar-refractivity contribution is 5.74. The zero-order chi connectivity index (χ0) is 14.4. The van der Waals surface area contributed by atoms with E-state index in [9.17, 15) is 9.59 Å². The van der Waals surface area contributed by atoms with Crippen LogP contribution in [-0.2, 0) is 11.2 Å². The van der Waals surface area contributed by atoms with Gasteiger partial charge >= 0.3 is 12.0 Å². The summed E-state index contributed by atoms with van der Waals surface area (Å²) in [6.45, 7) is 0.426. The average molecular weight is 282 g/mol. The topological polar surface area (TPSA) is 117 Å². The Morgan fingerprint density at radius 1 is 1.35 bits per heavy atom. The number of aliphatic carboxylic acids is 1. The third-order valence-corrected chi connectivity index (χ3v) is 3.45. The van der Waals surface area contributed by atoms with Gasteiger partial charge in [-0.3, -0.25) is 4.79 Å². The van der Waals surface area contributed by atoms with E-state index in [-0.39, 0.29) is 18.0 Å². The van der Waals surface area contributed by atoms with Gasteiger partial charge in [-0.1, -0.05) is 5.16 Å². The number of hydrogen-bond acceptors (Lipinski definition) is 5. The van der Waals surface area contributed by atoms with Crippen LogP contribution < -0.4 is 10.6 Å². The number of carbonyl (C=O) groups excluding carboxylic acids is 1. The van der Waals surface area contributed by atoms with Crippen molar-refractivity contribution < 1.29 is 19.2 Å². The molecule has 8 heteroatoms. The molecule has 20 heavy (non-hydrogen) atoms. The van der Waals surface area contributed by atoms with Crippen LogP contribution in [0.3, 0.4) is 0 Å². The fourth-order valence-corrected chi connectivity index (χ4v) is 2.31. The van der Waals surface area contributed by atoms with Gasteiger partial charge in [0.25, 0.3) is 0 Å². The predicted octanol–water partition coefficient (Wildman–Crippen LogP) is 0.555. The molecule has 1 aromatic heterocycles. The third-order valence-electron chi connectivity index (χ3n) is 3.45. The number of rotatable bonds is 5. The van der Waals surface area contributed by atoms with Gasteiger partial charge in [0.05, 0.1) is 5.92 Å². The van der Waals surface area contributed by atoms with Crippen LogP contribution >= 0.6 is 0 Å². The second kappa shape index (κ2) is 6.88. The van der Waals surface area contributed by atoms with Gasteiger partial charge in [0.2, 0.25) is 6.39 Å². The van der Waals surface area contributed by atoms with Crippen LogP contribution in [0.25, 0.3) is 0 Å². The molecule has 0 aliphatic heterocycles. The normalized spacial score (nSPS) is 22.2. The van der Waals surface area contributed by atoms with Crippen molar-refractivity contribution >= 4 is 12.0 Å². The molecule has 1 aliphatic carbocycles. The summed E-state index contributed by atoms with van der Waals surface area (Å²) >= 11 is 0. The molecule has 0 atom stereocenters. The van der Waals surface area contributed by atoms with Crippen LogP contribution in [0.1, 0.15) is 31.5 Å². The molecular weight excluding hydrogens is 264 g/mol. The standard InChI is InChI=1S/C12H18N4O4/c17-11(18)8-1-3-9(4-2-8)15-12(19)13-6-5-10-14-7-20-16-10/h7-9H,1-6H2,(H,17,18)(H2,13,15,19). The summed E-state index contributed by atoms with van der Waals surface area (Å²) in [7, 11) is 0. The van der Waals surface area contributed by atoms with Gasteiger partial charge in [-0.15, -0.1) is 0 Å². The molecule has 2 amide bonds. The number of carbonyl (C=O) groups is 2. The molecule has 0 unspecified atom stereocenters. The molecule has 0 aromatic carbocycles. The zero-order valence-corrected chi connectivity index (χ0v) is 11.0. The molecular formula is C12H18N4O4. The summed E-state index contributed by atoms with van der Waals surface area (Å²) in [5, 5.41) is 18.1. The Morgan fingerprint density at radius 3 is 2.70 bits per heavy atom. The van der Waals surface area contributed by atoms with Crippen molar-refractivity contribution in [2.45, 2.75) is 38.1 Å². The molecule has 3 N–H and O–H groups in total. The first kappa shape index (κ1) is 14.3. The Balaban J connectivity index is 1.61. The molecule has 0 spiro atoms. The van der Waals surface area contributed by atoms with E-state index < -0.39 is 5.97 Å². The molecule has 1 aliphatic rings. The molecule has 1 fully saturated rings. The lowest BCUT2D eigenvalue weighted by atomic mass is 9.86. The van der Waals surface area contributed by atoms with E-state index in [0.29, 0.717) is 44.5 Å². The number of nitrogens with one attached hydrogen (secondary N) is 2. The van der Waals surface area contributed by atoms with Crippen molar-refractivity contribution in [3.05, 3.63) is 12.2 Å². The largest absolute Gasteiger partial charge is 0.481 e. The highest BCUT2D eigenvalue weighted by Crippen LogP contribution is 2.24. The van der Waals surface area contributed by atoms with E-state index in [0.717, 1.165) is 0 Å². The van der Waals surface area contributed by atoms with Crippen LogP contribution in [0, 0.1) is 5.92 Å². The van der Waals surface area contributed by atoms with E-state index >= 15 is 0 Å². The molecule has 0 radical (unpaired) electrons. The van der Waals surface area contributed by atoms with E-state index in [1.807, 2.05) is 0 Å². The van der Waals surface area contributed by atoms with Crippen molar-refractivity contribution in [1.82, 2.24) is 20.8 Å². The maximum Gasteiger partial charge on any atom is 0.315 e. The number of carboxylic acid groups (broad SMARTS) is 1. The highest BCUT2D eigenvalue weighted by Gasteiger charge is 2.26. The summed E-state index contributed by atoms with van der Waals surface area (Å²) in [4.78, 5) is 26.3. The molecule has 1 saturated carbocycles. The number of carboxylic acids is 1. The fraction of sp³-hybridized carbons (Fsp3) is 0.667. The Labute approximate surface area is 115 Å². The maximum atomic E-state index is 11.7. The molecule has 1 aromatic rings. The van der Waals surface area contributed by atoms with Crippen molar-refractivity contribution in [1.29, 1.82) is 0 Å². The third kappa shape index (κ3) is 4.22. The lowest BCUT2D eigenvalue weighted by Gasteiger charge is -2.26. The van der Waals surface area contributed by atoms with Crippen LogP contribution in [-0.4, -0.2) is 39.8 Å². The van der Waals surface area contributed by atoms with E-state index in [2.05, 4.69) is 25.3 Å². The molecule has 2 rings (SSSR count). The van der Waals surface area contributed by atoms with Gasteiger partial charge in [-0.2, -0.15) is 4.98 Å².